The van der Waals surface area contributed by atoms with Gasteiger partial charge in [0.2, 0.25) is 0 Å². The van der Waals surface area contributed by atoms with Gasteiger partial charge in [-0.05, 0) is 12.5 Å². The molecule has 15 heavy (non-hydrogen) atoms. The summed E-state index contributed by atoms with van der Waals surface area (Å²) in [4.78, 5) is 16.5. The molecule has 0 aliphatic carbocycles. The molecule has 3 N–H and O–H groups in total. The van der Waals surface area contributed by atoms with Crippen LogP contribution in [0.2, 0.25) is 0 Å². The number of hydrogen-bond donors (Lipinski definition) is 2. The number of rotatable bonds is 2. The molecule has 2 rings (SSSR count). The van der Waals surface area contributed by atoms with E-state index in [2.05, 4.69) is 4.98 Å². The molecule has 1 aromatic rings. The summed E-state index contributed by atoms with van der Waals surface area (Å²) >= 11 is 0. The smallest absolute Gasteiger partial charge is 0.270 e. The van der Waals surface area contributed by atoms with E-state index >= 15 is 0 Å². The highest BCUT2D eigenvalue weighted by Crippen LogP contribution is 2.14. The topological polar surface area (TPSA) is 71.3 Å². The van der Waals surface area contributed by atoms with Crippen LogP contribution in [0.1, 0.15) is 16.9 Å². The average Bonchev–Trinajstić information content (AvgIpc) is 2.85. The van der Waals surface area contributed by atoms with Gasteiger partial charge in [0.25, 0.3) is 5.91 Å². The Labute approximate surface area is 88.2 Å². The van der Waals surface area contributed by atoms with E-state index in [1.54, 1.807) is 24.2 Å². The standard InChI is InChI=1S/C10H15N3O2/c1-13(8-2-3-15-6-8)10(14)9-4-7(11)5-12-9/h4-5,8,12H,2-3,6,11H2,1H3. The van der Waals surface area contributed by atoms with Gasteiger partial charge in [-0.2, -0.15) is 0 Å². The number of nitrogen functional groups attached to an aromatic ring is 1. The first-order chi connectivity index (χ1) is 7.18. The van der Waals surface area contributed by atoms with Gasteiger partial charge in [0.05, 0.1) is 12.6 Å². The lowest BCUT2D eigenvalue weighted by Gasteiger charge is -2.22. The molecule has 5 heteroatoms. The zero-order chi connectivity index (χ0) is 10.8. The number of anilines is 1. The molecule has 1 fully saturated rings. The molecule has 1 unspecified atom stereocenters. The molecule has 1 atom stereocenters. The number of likely N-dealkylation sites (N-methyl/N-ethyl adjacent to an activating group) is 1. The summed E-state index contributed by atoms with van der Waals surface area (Å²) in [5, 5.41) is 0. The first-order valence-corrected chi connectivity index (χ1v) is 4.97. The number of amides is 1. The third kappa shape index (κ3) is 1.97. The molecule has 0 radical (unpaired) electrons. The molecule has 1 saturated heterocycles. The maximum Gasteiger partial charge on any atom is 0.270 e. The number of nitrogens with zero attached hydrogens (tertiary/aromatic N) is 1. The third-order valence-corrected chi connectivity index (χ3v) is 2.71. The van der Waals surface area contributed by atoms with Crippen LogP contribution in [0.25, 0.3) is 0 Å². The van der Waals surface area contributed by atoms with Gasteiger partial charge in [0.1, 0.15) is 5.69 Å². The van der Waals surface area contributed by atoms with Crippen LogP contribution in [0.4, 0.5) is 5.69 Å². The number of aromatic nitrogens is 1. The summed E-state index contributed by atoms with van der Waals surface area (Å²) in [5.74, 6) is -0.0396. The van der Waals surface area contributed by atoms with Crippen LogP contribution in [0.5, 0.6) is 0 Å². The Kier molecular flexibility index (Phi) is 2.64. The minimum absolute atomic E-state index is 0.0396. The van der Waals surface area contributed by atoms with Crippen molar-refractivity contribution < 1.29 is 9.53 Å². The molecule has 1 aliphatic heterocycles. The lowest BCUT2D eigenvalue weighted by Crippen LogP contribution is -2.37. The van der Waals surface area contributed by atoms with Crippen LogP contribution in [0.15, 0.2) is 12.3 Å². The Bertz CT molecular complexity index is 355. The second-order valence-electron chi connectivity index (χ2n) is 3.78. The van der Waals surface area contributed by atoms with E-state index in [9.17, 15) is 4.79 Å². The second kappa shape index (κ2) is 3.94. The lowest BCUT2D eigenvalue weighted by atomic mass is 10.2. The van der Waals surface area contributed by atoms with Crippen LogP contribution in [-0.4, -0.2) is 42.1 Å². The van der Waals surface area contributed by atoms with E-state index in [4.69, 9.17) is 10.5 Å². The molecule has 1 aromatic heterocycles. The summed E-state index contributed by atoms with van der Waals surface area (Å²) in [5.41, 5.74) is 6.65. The Balaban J connectivity index is 2.06. The van der Waals surface area contributed by atoms with E-state index in [0.29, 0.717) is 18.0 Å². The fraction of sp³-hybridized carbons (Fsp3) is 0.500. The maximum atomic E-state index is 11.9. The molecule has 0 aromatic carbocycles. The maximum absolute atomic E-state index is 11.9. The van der Waals surface area contributed by atoms with Gasteiger partial charge in [0.15, 0.2) is 0 Å². The van der Waals surface area contributed by atoms with Gasteiger partial charge in [-0.25, -0.2) is 0 Å². The zero-order valence-electron chi connectivity index (χ0n) is 8.69. The van der Waals surface area contributed by atoms with Crippen molar-refractivity contribution in [1.82, 2.24) is 9.88 Å². The average molecular weight is 209 g/mol. The van der Waals surface area contributed by atoms with Crippen LogP contribution in [-0.2, 0) is 4.74 Å². The number of nitrogens with one attached hydrogen (secondary N) is 1. The van der Waals surface area contributed by atoms with Gasteiger partial charge in [-0.1, -0.05) is 0 Å². The summed E-state index contributed by atoms with van der Waals surface area (Å²) in [6.07, 6.45) is 2.52. The van der Waals surface area contributed by atoms with Crippen molar-refractivity contribution in [3.63, 3.8) is 0 Å². The van der Waals surface area contributed by atoms with Crippen LogP contribution in [0.3, 0.4) is 0 Å². The number of carbonyl (C=O) groups excluding carboxylic acids is 1. The van der Waals surface area contributed by atoms with E-state index in [-0.39, 0.29) is 11.9 Å². The van der Waals surface area contributed by atoms with Crippen molar-refractivity contribution in [3.8, 4) is 0 Å². The van der Waals surface area contributed by atoms with Crippen molar-refractivity contribution >= 4 is 11.6 Å². The fourth-order valence-electron chi connectivity index (χ4n) is 1.72. The van der Waals surface area contributed by atoms with Crippen molar-refractivity contribution in [2.24, 2.45) is 0 Å². The van der Waals surface area contributed by atoms with Gasteiger partial charge < -0.3 is 20.4 Å². The van der Waals surface area contributed by atoms with Gasteiger partial charge >= 0.3 is 0 Å². The molecule has 5 nitrogen and oxygen atoms in total. The molecule has 82 valence electrons. The minimum atomic E-state index is -0.0396. The summed E-state index contributed by atoms with van der Waals surface area (Å²) < 4.78 is 5.24. The Morgan fingerprint density at radius 1 is 1.73 bits per heavy atom. The predicted octanol–water partition coefficient (Wildman–Crippen LogP) is 0.458. The monoisotopic (exact) mass is 209 g/mol. The van der Waals surface area contributed by atoms with E-state index in [0.717, 1.165) is 13.0 Å². The highest BCUT2D eigenvalue weighted by atomic mass is 16.5. The summed E-state index contributed by atoms with van der Waals surface area (Å²) in [6, 6.07) is 1.83. The zero-order valence-corrected chi connectivity index (χ0v) is 8.69. The third-order valence-electron chi connectivity index (χ3n) is 2.71. The Morgan fingerprint density at radius 3 is 3.07 bits per heavy atom. The van der Waals surface area contributed by atoms with E-state index in [1.165, 1.54) is 0 Å². The normalized spacial score (nSPS) is 20.5. The molecular formula is C10H15N3O2. The first-order valence-electron chi connectivity index (χ1n) is 4.97. The van der Waals surface area contributed by atoms with Crippen molar-refractivity contribution in [2.45, 2.75) is 12.5 Å². The van der Waals surface area contributed by atoms with Crippen molar-refractivity contribution in [3.05, 3.63) is 18.0 Å². The summed E-state index contributed by atoms with van der Waals surface area (Å²) in [6.45, 7) is 1.35. The van der Waals surface area contributed by atoms with Crippen LogP contribution in [0, 0.1) is 0 Å². The van der Waals surface area contributed by atoms with E-state index < -0.39 is 0 Å². The van der Waals surface area contributed by atoms with Gasteiger partial charge in [-0.15, -0.1) is 0 Å². The largest absolute Gasteiger partial charge is 0.397 e. The van der Waals surface area contributed by atoms with Crippen molar-refractivity contribution in [1.29, 1.82) is 0 Å². The molecule has 0 saturated carbocycles. The Morgan fingerprint density at radius 2 is 2.53 bits per heavy atom. The number of carbonyl (C=O) groups is 1. The lowest BCUT2D eigenvalue weighted by molar-refractivity contribution is 0.0706. The minimum Gasteiger partial charge on any atom is -0.397 e. The predicted molar refractivity (Wildman–Crippen MR) is 56.5 cm³/mol. The Hall–Kier alpha value is -1.49. The number of aromatic amines is 1. The van der Waals surface area contributed by atoms with Crippen LogP contribution < -0.4 is 5.73 Å². The molecule has 0 spiro atoms. The first kappa shape index (κ1) is 10.0. The van der Waals surface area contributed by atoms with E-state index in [1.807, 2.05) is 0 Å². The molecule has 0 bridgehead atoms. The molecule has 1 amide bonds. The summed E-state index contributed by atoms with van der Waals surface area (Å²) in [7, 11) is 1.79. The van der Waals surface area contributed by atoms with Gasteiger partial charge in [-0.3, -0.25) is 4.79 Å². The number of hydrogen-bond acceptors (Lipinski definition) is 3. The number of nitrogens with two attached hydrogens (primary N) is 1. The highest BCUT2D eigenvalue weighted by molar-refractivity contribution is 5.93. The van der Waals surface area contributed by atoms with Crippen LogP contribution >= 0.6 is 0 Å². The number of ether oxygens (including phenoxy) is 1. The SMILES string of the molecule is CN(C(=O)c1cc(N)c[nH]1)C1CCOC1. The van der Waals surface area contributed by atoms with Crippen molar-refractivity contribution in [2.75, 3.05) is 26.0 Å². The molecule has 2 heterocycles. The molecular weight excluding hydrogens is 194 g/mol. The second-order valence-corrected chi connectivity index (χ2v) is 3.78. The quantitative estimate of drug-likeness (QED) is 0.743. The fourth-order valence-corrected chi connectivity index (χ4v) is 1.72. The number of H-pyrrole nitrogens is 1. The molecule has 1 aliphatic rings. The van der Waals surface area contributed by atoms with Gasteiger partial charge in [0, 0.05) is 25.5 Å². The highest BCUT2D eigenvalue weighted by Gasteiger charge is 2.25.